The average molecular weight is 461 g/mol. The molecular formula is C29H52N2O2. The van der Waals surface area contributed by atoms with E-state index in [1.807, 2.05) is 92.7 Å². The minimum atomic E-state index is -0.822. The Hall–Kier alpha value is -2.33. The van der Waals surface area contributed by atoms with Gasteiger partial charge in [0.25, 0.3) is 0 Å². The Morgan fingerprint density at radius 2 is 1.64 bits per heavy atom. The Bertz CT molecular complexity index is 638. The first-order valence-corrected chi connectivity index (χ1v) is 12.6. The highest BCUT2D eigenvalue weighted by atomic mass is 16.5. The highest BCUT2D eigenvalue weighted by Crippen LogP contribution is 2.17. The Kier molecular flexibility index (Phi) is 26.0. The molecule has 0 spiro atoms. The molecule has 0 fully saturated rings. The van der Waals surface area contributed by atoms with Gasteiger partial charge in [-0.15, -0.1) is 0 Å². The van der Waals surface area contributed by atoms with E-state index >= 15 is 0 Å². The van der Waals surface area contributed by atoms with Crippen molar-refractivity contribution in [3.05, 3.63) is 72.5 Å². The van der Waals surface area contributed by atoms with Crippen LogP contribution in [-0.4, -0.2) is 36.1 Å². The van der Waals surface area contributed by atoms with Gasteiger partial charge in [0.1, 0.15) is 5.54 Å². The van der Waals surface area contributed by atoms with Crippen LogP contribution in [0, 0.1) is 0 Å². The van der Waals surface area contributed by atoms with E-state index in [-0.39, 0.29) is 5.97 Å². The summed E-state index contributed by atoms with van der Waals surface area (Å²) in [5.41, 5.74) is 1.14. The van der Waals surface area contributed by atoms with Crippen molar-refractivity contribution >= 4 is 5.97 Å². The van der Waals surface area contributed by atoms with Gasteiger partial charge in [0, 0.05) is 18.8 Å². The van der Waals surface area contributed by atoms with E-state index in [1.165, 1.54) is 5.56 Å². The maximum atomic E-state index is 12.6. The molecule has 0 aliphatic carbocycles. The van der Waals surface area contributed by atoms with Gasteiger partial charge < -0.3 is 10.1 Å². The van der Waals surface area contributed by atoms with Crippen LogP contribution in [-0.2, 0) is 16.1 Å². The van der Waals surface area contributed by atoms with Crippen molar-refractivity contribution in [2.45, 2.75) is 87.7 Å². The monoisotopic (exact) mass is 460 g/mol. The molecule has 0 bridgehead atoms. The molecule has 0 saturated carbocycles. The summed E-state index contributed by atoms with van der Waals surface area (Å²) < 4.78 is 5.32. The summed E-state index contributed by atoms with van der Waals surface area (Å²) in [5.74, 6) is -0.249. The minimum Gasteiger partial charge on any atom is -0.464 e. The first-order chi connectivity index (χ1) is 15.9. The van der Waals surface area contributed by atoms with E-state index in [2.05, 4.69) is 48.0 Å². The summed E-state index contributed by atoms with van der Waals surface area (Å²) >= 11 is 0. The summed E-state index contributed by atoms with van der Waals surface area (Å²) in [5, 5.41) is 3.26. The van der Waals surface area contributed by atoms with Crippen LogP contribution < -0.4 is 5.32 Å². The van der Waals surface area contributed by atoms with Crippen LogP contribution in [0.25, 0.3) is 0 Å². The first-order valence-electron chi connectivity index (χ1n) is 12.6. The zero-order valence-corrected chi connectivity index (χ0v) is 23.2. The van der Waals surface area contributed by atoms with Gasteiger partial charge in [-0.25, -0.2) is 4.79 Å². The fourth-order valence-corrected chi connectivity index (χ4v) is 2.76. The van der Waals surface area contributed by atoms with Crippen LogP contribution in [0.2, 0.25) is 0 Å². The van der Waals surface area contributed by atoms with Crippen molar-refractivity contribution in [1.29, 1.82) is 0 Å². The van der Waals surface area contributed by atoms with E-state index < -0.39 is 5.54 Å². The smallest absolute Gasteiger partial charge is 0.331 e. The third kappa shape index (κ3) is 16.9. The van der Waals surface area contributed by atoms with Crippen LogP contribution in [0.5, 0.6) is 0 Å². The van der Waals surface area contributed by atoms with Crippen molar-refractivity contribution in [2.75, 3.05) is 19.7 Å². The van der Waals surface area contributed by atoms with Gasteiger partial charge in [-0.05, 0) is 45.4 Å². The topological polar surface area (TPSA) is 41.6 Å². The molecule has 1 N–H and O–H groups in total. The highest BCUT2D eigenvalue weighted by Gasteiger charge is 2.34. The molecule has 0 aliphatic heterocycles. The van der Waals surface area contributed by atoms with Crippen LogP contribution >= 0.6 is 0 Å². The van der Waals surface area contributed by atoms with E-state index in [0.29, 0.717) is 18.7 Å². The van der Waals surface area contributed by atoms with Gasteiger partial charge in [0.15, 0.2) is 0 Å². The van der Waals surface area contributed by atoms with E-state index in [0.717, 1.165) is 19.6 Å². The van der Waals surface area contributed by atoms with Crippen molar-refractivity contribution in [3.8, 4) is 0 Å². The molecule has 190 valence electrons. The lowest BCUT2D eigenvalue weighted by atomic mass is 9.96. The van der Waals surface area contributed by atoms with Crippen LogP contribution in [0.4, 0.5) is 0 Å². The number of carbonyl (C=O) groups is 1. The number of ether oxygens (including phenoxy) is 1. The Labute approximate surface area is 205 Å². The van der Waals surface area contributed by atoms with Crippen molar-refractivity contribution in [1.82, 2.24) is 10.2 Å². The number of benzene rings is 1. The fourth-order valence-electron chi connectivity index (χ4n) is 2.76. The van der Waals surface area contributed by atoms with Gasteiger partial charge in [-0.3, -0.25) is 4.90 Å². The normalized spacial score (nSPS) is 11.8. The minimum absolute atomic E-state index is 0.249. The molecule has 1 aromatic rings. The molecule has 1 aromatic carbocycles. The third-order valence-electron chi connectivity index (χ3n) is 4.39. The summed E-state index contributed by atoms with van der Waals surface area (Å²) in [6, 6.07) is 10.4. The molecule has 1 rings (SSSR count). The number of hydrogen-bond donors (Lipinski definition) is 1. The van der Waals surface area contributed by atoms with E-state index in [9.17, 15) is 4.79 Å². The largest absolute Gasteiger partial charge is 0.464 e. The number of allylic oxidation sites excluding steroid dienone is 4. The quantitative estimate of drug-likeness (QED) is 0.258. The zero-order chi connectivity index (χ0) is 26.1. The molecule has 1 atom stereocenters. The van der Waals surface area contributed by atoms with Crippen molar-refractivity contribution < 1.29 is 9.53 Å². The van der Waals surface area contributed by atoms with E-state index in [1.54, 1.807) is 0 Å². The predicted octanol–water partition coefficient (Wildman–Crippen LogP) is 7.53. The lowest BCUT2D eigenvalue weighted by molar-refractivity contribution is -0.150. The second-order valence-electron chi connectivity index (χ2n) is 6.69. The summed E-state index contributed by atoms with van der Waals surface area (Å²) in [7, 11) is 0. The van der Waals surface area contributed by atoms with E-state index in [4.69, 9.17) is 4.74 Å². The summed E-state index contributed by atoms with van der Waals surface area (Å²) in [6.45, 7) is 26.7. The number of nitrogens with one attached hydrogen (secondary N) is 1. The molecule has 0 amide bonds. The van der Waals surface area contributed by atoms with Crippen molar-refractivity contribution in [3.63, 3.8) is 0 Å². The maximum Gasteiger partial charge on any atom is 0.331 e. The maximum absolute atomic E-state index is 12.6. The van der Waals surface area contributed by atoms with Gasteiger partial charge in [-0.2, -0.15) is 0 Å². The van der Waals surface area contributed by atoms with Crippen molar-refractivity contribution in [2.24, 2.45) is 0 Å². The number of rotatable bonds is 12. The number of carbonyl (C=O) groups excluding carboxylic acids is 1. The summed E-state index contributed by atoms with van der Waals surface area (Å²) in [4.78, 5) is 14.9. The van der Waals surface area contributed by atoms with Gasteiger partial charge in [0.05, 0.1) is 6.61 Å². The molecular weight excluding hydrogens is 408 g/mol. The Morgan fingerprint density at radius 3 is 2.12 bits per heavy atom. The van der Waals surface area contributed by atoms with Gasteiger partial charge in [-0.1, -0.05) is 104 Å². The number of nitrogens with zero attached hydrogens (tertiary/aromatic N) is 1. The molecule has 0 radical (unpaired) electrons. The number of hydrogen-bond acceptors (Lipinski definition) is 4. The molecule has 33 heavy (non-hydrogen) atoms. The standard InChI is InChI=1S/C23H34N2O2.3C2H6/c1-6-9-11-14-20(4)24-23(5,22(26)27-8-3)17-18-25(7-2)19-21-15-12-10-13-16-21;3*1-2/h6,9-16,24H,4,7-8,17-19H2,1-3,5H3;3*1-2H3/b9-6-,14-11-;;;. The lowest BCUT2D eigenvalue weighted by Gasteiger charge is -2.32. The fraction of sp³-hybridized carbons (Fsp3) is 0.552. The first kappa shape index (κ1) is 35.3. The molecule has 1 unspecified atom stereocenters. The average Bonchev–Trinajstić information content (AvgIpc) is 2.86. The predicted molar refractivity (Wildman–Crippen MR) is 147 cm³/mol. The molecule has 0 aliphatic rings. The lowest BCUT2D eigenvalue weighted by Crippen LogP contribution is -2.51. The molecule has 4 nitrogen and oxygen atoms in total. The van der Waals surface area contributed by atoms with Crippen LogP contribution in [0.3, 0.4) is 0 Å². The molecule has 0 aromatic heterocycles. The second kappa shape index (κ2) is 24.3. The number of esters is 1. The van der Waals surface area contributed by atoms with Gasteiger partial charge in [0.2, 0.25) is 0 Å². The third-order valence-corrected chi connectivity index (χ3v) is 4.39. The van der Waals surface area contributed by atoms with Crippen LogP contribution in [0.15, 0.2) is 66.9 Å². The Balaban J connectivity index is -0.00000138. The molecule has 0 saturated heterocycles. The zero-order valence-electron chi connectivity index (χ0n) is 23.2. The second-order valence-corrected chi connectivity index (χ2v) is 6.69. The SMILES string of the molecule is C=C(/C=C\C=C/C)NC(C)(CCN(CC)Cc1ccccc1)C(=O)OCC.CC.CC.CC. The molecule has 0 heterocycles. The molecule has 4 heteroatoms. The highest BCUT2D eigenvalue weighted by molar-refractivity contribution is 5.80. The summed E-state index contributed by atoms with van der Waals surface area (Å²) in [6.07, 6.45) is 8.25. The Morgan fingerprint density at radius 1 is 1.06 bits per heavy atom. The van der Waals surface area contributed by atoms with Crippen LogP contribution in [0.1, 0.15) is 81.2 Å². The van der Waals surface area contributed by atoms with Gasteiger partial charge >= 0.3 is 5.97 Å².